The van der Waals surface area contributed by atoms with Crippen LogP contribution in [0, 0.1) is 0 Å². The number of hydrogen-bond donors (Lipinski definition) is 1. The van der Waals surface area contributed by atoms with Crippen molar-refractivity contribution >= 4 is 6.09 Å². The van der Waals surface area contributed by atoms with E-state index in [1.165, 1.54) is 0 Å². The van der Waals surface area contributed by atoms with Gasteiger partial charge in [-0.25, -0.2) is 4.79 Å². The zero-order valence-electron chi connectivity index (χ0n) is 14.3. The van der Waals surface area contributed by atoms with E-state index in [1.54, 1.807) is 17.2 Å². The van der Waals surface area contributed by atoms with Crippen molar-refractivity contribution in [3.8, 4) is 0 Å². The Kier molecular flexibility index (Phi) is 6.81. The number of aliphatic hydroxyl groups excluding tert-OH is 1. The molecule has 22 heavy (non-hydrogen) atoms. The van der Waals surface area contributed by atoms with Crippen molar-refractivity contribution in [2.75, 3.05) is 13.1 Å². The summed E-state index contributed by atoms with van der Waals surface area (Å²) in [6.07, 6.45) is 2.32. The molecule has 1 unspecified atom stereocenters. The molecule has 0 bridgehead atoms. The Morgan fingerprint density at radius 1 is 1.45 bits per heavy atom. The Balaban J connectivity index is 0.00000116. The van der Waals surface area contributed by atoms with Crippen LogP contribution in [-0.2, 0) is 11.3 Å². The fourth-order valence-electron chi connectivity index (χ4n) is 2.31. The van der Waals surface area contributed by atoms with Gasteiger partial charge in [0.05, 0.1) is 6.61 Å². The number of pyridine rings is 1. The first kappa shape index (κ1) is 18.4. The second-order valence-corrected chi connectivity index (χ2v) is 6.16. The molecule has 1 N–H and O–H groups in total. The fraction of sp³-hybridized carbons (Fsp3) is 0.647. The van der Waals surface area contributed by atoms with E-state index in [0.29, 0.717) is 13.1 Å². The van der Waals surface area contributed by atoms with E-state index in [1.807, 2.05) is 40.7 Å². The molecule has 1 fully saturated rings. The van der Waals surface area contributed by atoms with Gasteiger partial charge in [-0.05, 0) is 44.9 Å². The molecule has 0 aliphatic carbocycles. The van der Waals surface area contributed by atoms with Crippen molar-refractivity contribution in [2.24, 2.45) is 0 Å². The van der Waals surface area contributed by atoms with Crippen molar-refractivity contribution in [3.05, 3.63) is 29.6 Å². The number of aliphatic hydroxyl groups is 1. The normalized spacial score (nSPS) is 17.7. The maximum absolute atomic E-state index is 12.0. The molecule has 1 atom stereocenters. The van der Waals surface area contributed by atoms with E-state index < -0.39 is 5.60 Å². The Hall–Kier alpha value is -1.62. The standard InChI is InChI=1S/C15H22N2O3.C2H6/c1-15(2,3)20-14(19)17-7-5-12(9-17)13-8-11(10-18)4-6-16-13;1-2/h4,6,8,12,18H,5,7,9-10H2,1-3H3;1-2H3. The number of carbonyl (C=O) groups excluding carboxylic acids is 1. The van der Waals surface area contributed by atoms with Crippen molar-refractivity contribution in [1.29, 1.82) is 0 Å². The fourth-order valence-corrected chi connectivity index (χ4v) is 2.31. The van der Waals surface area contributed by atoms with Gasteiger partial charge >= 0.3 is 6.09 Å². The predicted octanol–water partition coefficient (Wildman–Crippen LogP) is 3.32. The number of carbonyl (C=O) groups is 1. The highest BCUT2D eigenvalue weighted by atomic mass is 16.6. The van der Waals surface area contributed by atoms with Crippen LogP contribution < -0.4 is 0 Å². The highest BCUT2D eigenvalue weighted by molar-refractivity contribution is 5.68. The second kappa shape index (κ2) is 8.13. The van der Waals surface area contributed by atoms with Crippen molar-refractivity contribution in [1.82, 2.24) is 9.88 Å². The molecule has 1 aliphatic heterocycles. The molecule has 1 aliphatic rings. The number of ether oxygens (including phenoxy) is 1. The average molecular weight is 308 g/mol. The number of aromatic nitrogens is 1. The maximum Gasteiger partial charge on any atom is 0.410 e. The Bertz CT molecular complexity index is 483. The lowest BCUT2D eigenvalue weighted by atomic mass is 10.0. The highest BCUT2D eigenvalue weighted by Gasteiger charge is 2.31. The first-order chi connectivity index (χ1) is 10.4. The number of hydrogen-bond acceptors (Lipinski definition) is 4. The third-order valence-corrected chi connectivity index (χ3v) is 3.29. The summed E-state index contributed by atoms with van der Waals surface area (Å²) in [6, 6.07) is 3.70. The number of amides is 1. The van der Waals surface area contributed by atoms with E-state index >= 15 is 0 Å². The number of nitrogens with zero attached hydrogens (tertiary/aromatic N) is 2. The van der Waals surface area contributed by atoms with Crippen molar-refractivity contribution in [3.63, 3.8) is 0 Å². The zero-order chi connectivity index (χ0) is 16.8. The van der Waals surface area contributed by atoms with Gasteiger partial charge in [-0.1, -0.05) is 13.8 Å². The lowest BCUT2D eigenvalue weighted by Crippen LogP contribution is -2.35. The third kappa shape index (κ3) is 5.30. The van der Waals surface area contributed by atoms with Crippen LogP contribution in [0.25, 0.3) is 0 Å². The minimum atomic E-state index is -0.468. The summed E-state index contributed by atoms with van der Waals surface area (Å²) in [5.74, 6) is 0.217. The maximum atomic E-state index is 12.0. The number of rotatable bonds is 2. The van der Waals surface area contributed by atoms with Crippen molar-refractivity contribution in [2.45, 2.75) is 59.2 Å². The summed E-state index contributed by atoms with van der Waals surface area (Å²) in [6.45, 7) is 10.9. The molecule has 124 valence electrons. The predicted molar refractivity (Wildman–Crippen MR) is 86.7 cm³/mol. The molecule has 5 heteroatoms. The van der Waals surface area contributed by atoms with Crippen LogP contribution >= 0.6 is 0 Å². The third-order valence-electron chi connectivity index (χ3n) is 3.29. The van der Waals surface area contributed by atoms with Crippen LogP contribution in [0.15, 0.2) is 18.3 Å². The molecule has 1 aromatic rings. The van der Waals surface area contributed by atoms with Gasteiger partial charge in [0.1, 0.15) is 5.60 Å². The molecule has 2 rings (SSSR count). The van der Waals surface area contributed by atoms with Gasteiger partial charge in [0.25, 0.3) is 0 Å². The molecule has 0 aromatic carbocycles. The van der Waals surface area contributed by atoms with Crippen LogP contribution in [0.2, 0.25) is 0 Å². The minimum Gasteiger partial charge on any atom is -0.444 e. The molecule has 0 radical (unpaired) electrons. The van der Waals surface area contributed by atoms with Crippen molar-refractivity contribution < 1.29 is 14.6 Å². The first-order valence-corrected chi connectivity index (χ1v) is 7.92. The molecule has 1 amide bonds. The minimum absolute atomic E-state index is 0.0119. The average Bonchev–Trinajstić information content (AvgIpc) is 2.98. The summed E-state index contributed by atoms with van der Waals surface area (Å²) in [4.78, 5) is 18.1. The van der Waals surface area contributed by atoms with Gasteiger partial charge in [0, 0.05) is 30.9 Å². The second-order valence-electron chi connectivity index (χ2n) is 6.16. The van der Waals surface area contributed by atoms with E-state index in [2.05, 4.69) is 4.98 Å². The van der Waals surface area contributed by atoms with Gasteiger partial charge in [0.2, 0.25) is 0 Å². The largest absolute Gasteiger partial charge is 0.444 e. The molecule has 1 saturated heterocycles. The lowest BCUT2D eigenvalue weighted by Gasteiger charge is -2.24. The summed E-state index contributed by atoms with van der Waals surface area (Å²) >= 11 is 0. The van der Waals surface area contributed by atoms with E-state index in [-0.39, 0.29) is 18.6 Å². The van der Waals surface area contributed by atoms with Gasteiger partial charge in [-0.2, -0.15) is 0 Å². The first-order valence-electron chi connectivity index (χ1n) is 7.92. The molecular formula is C17H28N2O3. The summed E-state index contributed by atoms with van der Waals surface area (Å²) in [5.41, 5.74) is 1.32. The molecule has 5 nitrogen and oxygen atoms in total. The monoisotopic (exact) mass is 308 g/mol. The molecular weight excluding hydrogens is 280 g/mol. The molecule has 1 aromatic heterocycles. The van der Waals surface area contributed by atoms with Gasteiger partial charge in [-0.3, -0.25) is 4.98 Å². The molecule has 0 spiro atoms. The van der Waals surface area contributed by atoms with Crippen LogP contribution in [0.5, 0.6) is 0 Å². The van der Waals surface area contributed by atoms with Crippen LogP contribution in [0.4, 0.5) is 4.79 Å². The van der Waals surface area contributed by atoms with Crippen LogP contribution in [-0.4, -0.2) is 39.8 Å². The topological polar surface area (TPSA) is 62.7 Å². The van der Waals surface area contributed by atoms with E-state index in [0.717, 1.165) is 17.7 Å². The lowest BCUT2D eigenvalue weighted by molar-refractivity contribution is 0.0292. The molecule has 0 saturated carbocycles. The highest BCUT2D eigenvalue weighted by Crippen LogP contribution is 2.27. The Morgan fingerprint density at radius 3 is 2.73 bits per heavy atom. The zero-order valence-corrected chi connectivity index (χ0v) is 14.3. The number of likely N-dealkylation sites (tertiary alicyclic amines) is 1. The van der Waals surface area contributed by atoms with Gasteiger partial charge in [0.15, 0.2) is 0 Å². The summed E-state index contributed by atoms with van der Waals surface area (Å²) < 4.78 is 5.38. The Morgan fingerprint density at radius 2 is 2.14 bits per heavy atom. The SMILES string of the molecule is CC.CC(C)(C)OC(=O)N1CCC(c2cc(CO)ccn2)C1. The smallest absolute Gasteiger partial charge is 0.410 e. The molecule has 2 heterocycles. The van der Waals surface area contributed by atoms with Crippen LogP contribution in [0.1, 0.15) is 58.2 Å². The van der Waals surface area contributed by atoms with E-state index in [4.69, 9.17) is 9.84 Å². The quantitative estimate of drug-likeness (QED) is 0.910. The van der Waals surface area contributed by atoms with E-state index in [9.17, 15) is 4.79 Å². The van der Waals surface area contributed by atoms with Gasteiger partial charge in [-0.15, -0.1) is 0 Å². The van der Waals surface area contributed by atoms with Gasteiger partial charge < -0.3 is 14.7 Å². The summed E-state index contributed by atoms with van der Waals surface area (Å²) in [7, 11) is 0. The summed E-state index contributed by atoms with van der Waals surface area (Å²) in [5, 5.41) is 9.16. The van der Waals surface area contributed by atoms with Crippen LogP contribution in [0.3, 0.4) is 0 Å². The Labute approximate surface area is 133 Å².